The summed E-state index contributed by atoms with van der Waals surface area (Å²) in [6.07, 6.45) is 0. The monoisotopic (exact) mass is 389 g/mol. The maximum atomic E-state index is 12.3. The lowest BCUT2D eigenvalue weighted by molar-refractivity contribution is 0.102. The van der Waals surface area contributed by atoms with Crippen LogP contribution in [0.4, 0.5) is 16.2 Å². The van der Waals surface area contributed by atoms with Crippen LogP contribution in [0.2, 0.25) is 0 Å². The van der Waals surface area contributed by atoms with E-state index in [-0.39, 0.29) is 24.3 Å². The lowest BCUT2D eigenvalue weighted by Gasteiger charge is -2.27. The third-order valence-corrected chi connectivity index (χ3v) is 4.25. The quantitative estimate of drug-likeness (QED) is 0.644. The van der Waals surface area contributed by atoms with Gasteiger partial charge in [0.15, 0.2) is 0 Å². The van der Waals surface area contributed by atoms with Crippen LogP contribution in [-0.4, -0.2) is 43.0 Å². The second-order valence-corrected chi connectivity index (χ2v) is 6.10. The highest BCUT2D eigenvalue weighted by Gasteiger charge is 2.16. The van der Waals surface area contributed by atoms with Crippen molar-refractivity contribution in [2.24, 2.45) is 5.73 Å². The van der Waals surface area contributed by atoms with Gasteiger partial charge in [0.1, 0.15) is 0 Å². The van der Waals surface area contributed by atoms with Gasteiger partial charge >= 0.3 is 6.03 Å². The number of benzene rings is 2. The van der Waals surface area contributed by atoms with Gasteiger partial charge in [-0.15, -0.1) is 12.4 Å². The van der Waals surface area contributed by atoms with Crippen molar-refractivity contribution < 1.29 is 9.59 Å². The smallest absolute Gasteiger partial charge is 0.321 e. The number of hydrogen-bond acceptors (Lipinski definition) is 4. The topological polar surface area (TPSA) is 99.5 Å². The molecule has 1 aliphatic heterocycles. The summed E-state index contributed by atoms with van der Waals surface area (Å²) in [7, 11) is 0. The van der Waals surface area contributed by atoms with Gasteiger partial charge in [-0.05, 0) is 42.0 Å². The van der Waals surface area contributed by atoms with Gasteiger partial charge in [-0.1, -0.05) is 12.1 Å². The Morgan fingerprint density at radius 3 is 2.07 bits per heavy atom. The molecule has 2 aromatic rings. The van der Waals surface area contributed by atoms with E-state index in [2.05, 4.69) is 16.0 Å². The molecule has 0 spiro atoms. The van der Waals surface area contributed by atoms with Crippen molar-refractivity contribution >= 4 is 35.7 Å². The maximum absolute atomic E-state index is 12.3. The van der Waals surface area contributed by atoms with E-state index in [1.807, 2.05) is 24.3 Å². The Morgan fingerprint density at radius 2 is 1.48 bits per heavy atom. The van der Waals surface area contributed by atoms with Crippen molar-refractivity contribution in [1.82, 2.24) is 10.2 Å². The van der Waals surface area contributed by atoms with E-state index in [1.54, 1.807) is 29.2 Å². The molecule has 0 unspecified atom stereocenters. The summed E-state index contributed by atoms with van der Waals surface area (Å²) in [4.78, 5) is 26.3. The molecular formula is C19H24ClN5O2. The van der Waals surface area contributed by atoms with Crippen LogP contribution < -0.4 is 21.7 Å². The Kier molecular flexibility index (Phi) is 7.60. The van der Waals surface area contributed by atoms with Crippen molar-refractivity contribution in [3.63, 3.8) is 0 Å². The lowest BCUT2D eigenvalue weighted by atomic mass is 10.1. The first kappa shape index (κ1) is 20.7. The number of carbonyl (C=O) groups excluding carboxylic acids is 2. The molecule has 5 N–H and O–H groups in total. The fraction of sp³-hybridized carbons (Fsp3) is 0.263. The number of carbonyl (C=O) groups is 2. The van der Waals surface area contributed by atoms with Gasteiger partial charge in [0, 0.05) is 49.7 Å². The summed E-state index contributed by atoms with van der Waals surface area (Å²) in [6.45, 7) is 3.46. The Labute approximate surface area is 164 Å². The number of urea groups is 1. The van der Waals surface area contributed by atoms with Crippen LogP contribution in [0.5, 0.6) is 0 Å². The van der Waals surface area contributed by atoms with Crippen LogP contribution in [0.3, 0.4) is 0 Å². The highest BCUT2D eigenvalue weighted by atomic mass is 35.5. The molecule has 0 bridgehead atoms. The van der Waals surface area contributed by atoms with E-state index in [9.17, 15) is 9.59 Å². The van der Waals surface area contributed by atoms with Crippen LogP contribution in [0, 0.1) is 0 Å². The van der Waals surface area contributed by atoms with Gasteiger partial charge in [-0.2, -0.15) is 0 Å². The van der Waals surface area contributed by atoms with Crippen molar-refractivity contribution in [2.75, 3.05) is 36.8 Å². The first-order valence-electron chi connectivity index (χ1n) is 8.63. The van der Waals surface area contributed by atoms with E-state index in [4.69, 9.17) is 5.73 Å². The zero-order valence-corrected chi connectivity index (χ0v) is 15.7. The summed E-state index contributed by atoms with van der Waals surface area (Å²) in [5, 5.41) is 8.90. The molecule has 8 heteroatoms. The summed E-state index contributed by atoms with van der Waals surface area (Å²) in [6, 6.07) is 14.1. The normalized spacial score (nSPS) is 13.4. The molecule has 27 heavy (non-hydrogen) atoms. The molecular weight excluding hydrogens is 366 g/mol. The molecule has 0 aromatic heterocycles. The average molecular weight is 390 g/mol. The Balaban J connectivity index is 0.00000261. The summed E-state index contributed by atoms with van der Waals surface area (Å²) >= 11 is 0. The van der Waals surface area contributed by atoms with E-state index < -0.39 is 0 Å². The van der Waals surface area contributed by atoms with E-state index in [0.717, 1.165) is 18.7 Å². The molecule has 3 rings (SSSR count). The number of nitrogens with one attached hydrogen (secondary N) is 3. The van der Waals surface area contributed by atoms with Gasteiger partial charge < -0.3 is 26.6 Å². The lowest BCUT2D eigenvalue weighted by Crippen LogP contribution is -2.48. The molecule has 1 aliphatic rings. The van der Waals surface area contributed by atoms with Crippen LogP contribution >= 0.6 is 12.4 Å². The van der Waals surface area contributed by atoms with Crippen LogP contribution in [0.15, 0.2) is 48.5 Å². The number of nitrogens with two attached hydrogens (primary N) is 1. The van der Waals surface area contributed by atoms with Crippen molar-refractivity contribution in [2.45, 2.75) is 6.54 Å². The number of amides is 3. The standard InChI is InChI=1S/C19H23N5O2.ClH/c20-13-14-1-5-16(6-2-14)22-18(25)15-3-7-17(8-4-15)23-19(26)24-11-9-21-10-12-24;/h1-8,21H,9-13,20H2,(H,22,25)(H,23,26);1H. The largest absolute Gasteiger partial charge is 0.326 e. The average Bonchev–Trinajstić information content (AvgIpc) is 2.69. The van der Waals surface area contributed by atoms with E-state index >= 15 is 0 Å². The number of halogens is 1. The van der Waals surface area contributed by atoms with Crippen molar-refractivity contribution in [3.8, 4) is 0 Å². The highest BCUT2D eigenvalue weighted by molar-refractivity contribution is 6.04. The van der Waals surface area contributed by atoms with Crippen molar-refractivity contribution in [3.05, 3.63) is 59.7 Å². The molecule has 2 aromatic carbocycles. The van der Waals surface area contributed by atoms with Crippen LogP contribution in [0.1, 0.15) is 15.9 Å². The molecule has 0 atom stereocenters. The van der Waals surface area contributed by atoms with E-state index in [1.165, 1.54) is 0 Å². The van der Waals surface area contributed by atoms with Crippen LogP contribution in [0.25, 0.3) is 0 Å². The number of piperazine rings is 1. The first-order chi connectivity index (χ1) is 12.7. The predicted octanol–water partition coefficient (Wildman–Crippen LogP) is 2.26. The SMILES string of the molecule is Cl.NCc1ccc(NC(=O)c2ccc(NC(=O)N3CCNCC3)cc2)cc1. The third-order valence-electron chi connectivity index (χ3n) is 4.25. The Morgan fingerprint density at radius 1 is 0.926 bits per heavy atom. The minimum Gasteiger partial charge on any atom is -0.326 e. The van der Waals surface area contributed by atoms with Gasteiger partial charge in [-0.3, -0.25) is 4.79 Å². The predicted molar refractivity (Wildman–Crippen MR) is 109 cm³/mol. The summed E-state index contributed by atoms with van der Waals surface area (Å²) in [5.74, 6) is -0.203. The fourth-order valence-corrected chi connectivity index (χ4v) is 2.70. The number of hydrogen-bond donors (Lipinski definition) is 4. The summed E-state index contributed by atoms with van der Waals surface area (Å²) < 4.78 is 0. The van der Waals surface area contributed by atoms with Gasteiger partial charge in [0.05, 0.1) is 0 Å². The molecule has 144 valence electrons. The zero-order chi connectivity index (χ0) is 18.4. The minimum atomic E-state index is -0.203. The second kappa shape index (κ2) is 9.91. The number of rotatable bonds is 4. The molecule has 1 fully saturated rings. The maximum Gasteiger partial charge on any atom is 0.321 e. The molecule has 3 amide bonds. The first-order valence-corrected chi connectivity index (χ1v) is 8.63. The molecule has 0 radical (unpaired) electrons. The molecule has 0 saturated carbocycles. The molecule has 1 heterocycles. The summed E-state index contributed by atoms with van der Waals surface area (Å²) in [5.41, 5.74) is 8.47. The Hall–Kier alpha value is -2.61. The Bertz CT molecular complexity index is 759. The van der Waals surface area contributed by atoms with Gasteiger partial charge in [0.2, 0.25) is 0 Å². The van der Waals surface area contributed by atoms with E-state index in [0.29, 0.717) is 36.6 Å². The van der Waals surface area contributed by atoms with Crippen LogP contribution in [-0.2, 0) is 6.54 Å². The van der Waals surface area contributed by atoms with Gasteiger partial charge in [-0.25, -0.2) is 4.79 Å². The minimum absolute atomic E-state index is 0. The molecule has 0 aliphatic carbocycles. The number of anilines is 2. The second-order valence-electron chi connectivity index (χ2n) is 6.10. The number of nitrogens with zero attached hydrogens (tertiary/aromatic N) is 1. The van der Waals surface area contributed by atoms with Gasteiger partial charge in [0.25, 0.3) is 5.91 Å². The molecule has 1 saturated heterocycles. The third kappa shape index (κ3) is 5.68. The molecule has 7 nitrogen and oxygen atoms in total. The fourth-order valence-electron chi connectivity index (χ4n) is 2.70. The zero-order valence-electron chi connectivity index (χ0n) is 14.9. The van der Waals surface area contributed by atoms with Crippen molar-refractivity contribution in [1.29, 1.82) is 0 Å². The highest BCUT2D eigenvalue weighted by Crippen LogP contribution is 2.14.